The van der Waals surface area contributed by atoms with Crippen LogP contribution in [-0.4, -0.2) is 31.2 Å². The summed E-state index contributed by atoms with van der Waals surface area (Å²) in [4.78, 5) is 4.18. The monoisotopic (exact) mass is 263 g/mol. The van der Waals surface area contributed by atoms with Crippen LogP contribution in [0.2, 0.25) is 0 Å². The van der Waals surface area contributed by atoms with Gasteiger partial charge in [-0.05, 0) is 38.1 Å². The second-order valence-electron chi connectivity index (χ2n) is 3.81. The molecule has 0 aromatic carbocycles. The minimum atomic E-state index is -0.0275. The fourth-order valence-electron chi connectivity index (χ4n) is 1.43. The van der Waals surface area contributed by atoms with Crippen LogP contribution in [0.4, 0.5) is 0 Å². The first-order chi connectivity index (χ1) is 8.49. The number of H-pyrrole nitrogens is 1. The maximum Gasteiger partial charge on any atom is 0.214 e. The molecule has 0 aliphatic rings. The molecule has 18 heavy (non-hydrogen) atoms. The van der Waals surface area contributed by atoms with Gasteiger partial charge in [0.2, 0.25) is 5.16 Å². The normalized spacial score (nSPS) is 10.6. The number of nitrogens with one attached hydrogen (secondary N) is 2. The van der Waals surface area contributed by atoms with Crippen molar-refractivity contribution in [2.45, 2.75) is 31.0 Å². The Kier molecular flexibility index (Phi) is 3.28. The summed E-state index contributed by atoms with van der Waals surface area (Å²) in [5.41, 5.74) is 7.80. The molecule has 0 aliphatic heterocycles. The molecule has 0 unspecified atom stereocenters. The van der Waals surface area contributed by atoms with E-state index in [0.29, 0.717) is 15.7 Å². The van der Waals surface area contributed by atoms with Gasteiger partial charge in [0.1, 0.15) is 16.7 Å². The molecule has 0 radical (unpaired) electrons. The lowest BCUT2D eigenvalue weighted by atomic mass is 10.1. The molecule has 0 saturated heterocycles. The molecule has 8 heteroatoms. The van der Waals surface area contributed by atoms with Crippen molar-refractivity contribution in [1.82, 2.24) is 25.4 Å². The van der Waals surface area contributed by atoms with Crippen LogP contribution < -0.4 is 5.73 Å². The Balaban J connectivity index is 2.44. The number of nitrogens with zero attached hydrogens (tertiary/aromatic N) is 4. The fraction of sp³-hybridized carbons (Fsp3) is 0.300. The van der Waals surface area contributed by atoms with Crippen molar-refractivity contribution in [3.63, 3.8) is 0 Å². The highest BCUT2D eigenvalue weighted by Crippen LogP contribution is 2.27. The van der Waals surface area contributed by atoms with Gasteiger partial charge in [-0.1, -0.05) is 0 Å². The summed E-state index contributed by atoms with van der Waals surface area (Å²) in [6.45, 7) is 5.52. The van der Waals surface area contributed by atoms with E-state index in [-0.39, 0.29) is 5.84 Å². The summed E-state index contributed by atoms with van der Waals surface area (Å²) in [6.07, 6.45) is 0. The zero-order chi connectivity index (χ0) is 13.3. The smallest absolute Gasteiger partial charge is 0.214 e. The van der Waals surface area contributed by atoms with Crippen LogP contribution in [0.15, 0.2) is 10.2 Å². The molecular weight excluding hydrogens is 250 g/mol. The molecule has 0 aliphatic carbocycles. The number of hydrogen-bond donors (Lipinski definition) is 3. The predicted octanol–water partition coefficient (Wildman–Crippen LogP) is 0.955. The summed E-state index contributed by atoms with van der Waals surface area (Å²) < 4.78 is 0. The van der Waals surface area contributed by atoms with Crippen LogP contribution in [0.25, 0.3) is 0 Å². The van der Waals surface area contributed by atoms with Gasteiger partial charge in [-0.3, -0.25) is 10.5 Å². The van der Waals surface area contributed by atoms with Crippen LogP contribution in [0.1, 0.15) is 22.6 Å². The molecule has 94 valence electrons. The van der Waals surface area contributed by atoms with E-state index in [9.17, 15) is 0 Å². The van der Waals surface area contributed by atoms with Crippen molar-refractivity contribution in [3.05, 3.63) is 22.6 Å². The Hall–Kier alpha value is -1.96. The zero-order valence-electron chi connectivity index (χ0n) is 10.3. The molecule has 0 amide bonds. The maximum atomic E-state index is 7.63. The lowest BCUT2D eigenvalue weighted by Crippen LogP contribution is -2.16. The summed E-state index contributed by atoms with van der Waals surface area (Å²) in [5.74, 6) is 0.693. The van der Waals surface area contributed by atoms with Gasteiger partial charge < -0.3 is 5.73 Å². The standard InChI is InChI=1S/C10H13N7S/c1-4-5(2)14-16-9(7(4)8(11)12)18-10-13-6(3)15-17-10/h1-3H3,(H3,11,12)(H,13,15,17). The molecule has 0 saturated carbocycles. The highest BCUT2D eigenvalue weighted by atomic mass is 32.2. The van der Waals surface area contributed by atoms with Crippen molar-refractivity contribution in [1.29, 1.82) is 5.41 Å². The topological polar surface area (TPSA) is 117 Å². The quantitative estimate of drug-likeness (QED) is 0.560. The number of aryl methyl sites for hydroxylation is 2. The number of aromatic nitrogens is 5. The molecule has 0 atom stereocenters. The largest absolute Gasteiger partial charge is 0.384 e. The van der Waals surface area contributed by atoms with Crippen molar-refractivity contribution < 1.29 is 0 Å². The third kappa shape index (κ3) is 2.33. The molecule has 4 N–H and O–H groups in total. The van der Waals surface area contributed by atoms with E-state index in [2.05, 4.69) is 25.4 Å². The summed E-state index contributed by atoms with van der Waals surface area (Å²) in [5, 5.41) is 23.6. The molecule has 2 rings (SSSR count). The minimum Gasteiger partial charge on any atom is -0.384 e. The van der Waals surface area contributed by atoms with Crippen LogP contribution in [0, 0.1) is 26.2 Å². The number of nitrogen functional groups attached to an aromatic ring is 1. The van der Waals surface area contributed by atoms with Crippen molar-refractivity contribution in [3.8, 4) is 0 Å². The molecule has 2 heterocycles. The van der Waals surface area contributed by atoms with E-state index in [1.807, 2.05) is 20.8 Å². The SMILES string of the molecule is Cc1nc(Sc2nnc(C)c(C)c2C(=N)N)n[nH]1. The number of rotatable bonds is 3. The van der Waals surface area contributed by atoms with Gasteiger partial charge >= 0.3 is 0 Å². The van der Waals surface area contributed by atoms with E-state index in [1.54, 1.807) is 0 Å². The molecule has 0 fully saturated rings. The molecule has 2 aromatic heterocycles. The van der Waals surface area contributed by atoms with Gasteiger partial charge in [0.05, 0.1) is 11.3 Å². The van der Waals surface area contributed by atoms with Gasteiger partial charge in [-0.2, -0.15) is 5.10 Å². The third-order valence-corrected chi connectivity index (χ3v) is 3.30. The van der Waals surface area contributed by atoms with Crippen molar-refractivity contribution in [2.75, 3.05) is 0 Å². The van der Waals surface area contributed by atoms with Gasteiger partial charge in [0.15, 0.2) is 0 Å². The van der Waals surface area contributed by atoms with Gasteiger partial charge in [-0.15, -0.1) is 10.2 Å². The lowest BCUT2D eigenvalue weighted by molar-refractivity contribution is 0.866. The van der Waals surface area contributed by atoms with E-state index in [4.69, 9.17) is 11.1 Å². The number of amidine groups is 1. The molecule has 7 nitrogen and oxygen atoms in total. The Bertz CT molecular complexity index is 604. The van der Waals surface area contributed by atoms with Gasteiger partial charge in [0, 0.05) is 0 Å². The number of nitrogens with two attached hydrogens (primary N) is 1. The third-order valence-electron chi connectivity index (χ3n) is 2.46. The second kappa shape index (κ2) is 4.73. The highest BCUT2D eigenvalue weighted by Gasteiger charge is 2.16. The minimum absolute atomic E-state index is 0.0275. The van der Waals surface area contributed by atoms with E-state index in [1.165, 1.54) is 11.8 Å². The fourth-order valence-corrected chi connectivity index (χ4v) is 2.32. The molecule has 2 aromatic rings. The maximum absolute atomic E-state index is 7.63. The highest BCUT2D eigenvalue weighted by molar-refractivity contribution is 7.99. The number of aromatic amines is 1. The Morgan fingerprint density at radius 1 is 1.28 bits per heavy atom. The van der Waals surface area contributed by atoms with E-state index >= 15 is 0 Å². The Morgan fingerprint density at radius 3 is 2.56 bits per heavy atom. The first-order valence-corrected chi connectivity index (χ1v) is 6.06. The molecule has 0 spiro atoms. The zero-order valence-corrected chi connectivity index (χ0v) is 11.1. The predicted molar refractivity (Wildman–Crippen MR) is 67.8 cm³/mol. The molecular formula is C10H13N7S. The summed E-state index contributed by atoms with van der Waals surface area (Å²) >= 11 is 1.24. The number of hydrogen-bond acceptors (Lipinski definition) is 6. The van der Waals surface area contributed by atoms with Crippen molar-refractivity contribution >= 4 is 17.6 Å². The first kappa shape index (κ1) is 12.5. The Morgan fingerprint density at radius 2 is 2.00 bits per heavy atom. The second-order valence-corrected chi connectivity index (χ2v) is 4.77. The average molecular weight is 263 g/mol. The van der Waals surface area contributed by atoms with Crippen LogP contribution in [0.5, 0.6) is 0 Å². The van der Waals surface area contributed by atoms with Crippen LogP contribution >= 0.6 is 11.8 Å². The van der Waals surface area contributed by atoms with E-state index < -0.39 is 0 Å². The van der Waals surface area contributed by atoms with Gasteiger partial charge in [0.25, 0.3) is 0 Å². The average Bonchev–Trinajstić information content (AvgIpc) is 2.69. The summed E-state index contributed by atoms with van der Waals surface area (Å²) in [6, 6.07) is 0. The summed E-state index contributed by atoms with van der Waals surface area (Å²) in [7, 11) is 0. The van der Waals surface area contributed by atoms with Gasteiger partial charge in [-0.25, -0.2) is 4.98 Å². The van der Waals surface area contributed by atoms with E-state index in [0.717, 1.165) is 17.1 Å². The lowest BCUT2D eigenvalue weighted by Gasteiger charge is -2.09. The van der Waals surface area contributed by atoms with Crippen molar-refractivity contribution in [2.24, 2.45) is 5.73 Å². The Labute approximate surface area is 108 Å². The molecule has 0 bridgehead atoms. The van der Waals surface area contributed by atoms with Crippen LogP contribution in [0.3, 0.4) is 0 Å². The van der Waals surface area contributed by atoms with Crippen LogP contribution in [-0.2, 0) is 0 Å². The first-order valence-electron chi connectivity index (χ1n) is 5.24.